The van der Waals surface area contributed by atoms with Gasteiger partial charge in [-0.2, -0.15) is 0 Å². The van der Waals surface area contributed by atoms with Crippen molar-refractivity contribution in [3.63, 3.8) is 0 Å². The zero-order valence-corrected chi connectivity index (χ0v) is 14.0. The van der Waals surface area contributed by atoms with Crippen molar-refractivity contribution in [3.8, 4) is 5.75 Å². The number of piperidine rings is 1. The number of nitrogens with one attached hydrogen (secondary N) is 2. The van der Waals surface area contributed by atoms with Crippen LogP contribution in [-0.4, -0.2) is 61.9 Å². The molecule has 2 rings (SSSR count). The summed E-state index contributed by atoms with van der Waals surface area (Å²) in [5.74, 6) is 0.583. The molecule has 1 aliphatic heterocycles. The van der Waals surface area contributed by atoms with E-state index in [9.17, 15) is 9.90 Å². The molecule has 1 fully saturated rings. The molecule has 0 spiro atoms. The molecule has 3 N–H and O–H groups in total. The number of ether oxygens (including phenoxy) is 1. The second-order valence-corrected chi connectivity index (χ2v) is 5.99. The Kier molecular flexibility index (Phi) is 6.38. The number of carbonyl (C=O) groups is 1. The van der Waals surface area contributed by atoms with E-state index in [0.717, 1.165) is 30.8 Å². The second kappa shape index (κ2) is 8.29. The third-order valence-electron chi connectivity index (χ3n) is 4.18. The highest BCUT2D eigenvalue weighted by atomic mass is 16.5. The third-order valence-corrected chi connectivity index (χ3v) is 4.18. The summed E-state index contributed by atoms with van der Waals surface area (Å²) in [7, 11) is 3.50. The Morgan fingerprint density at radius 1 is 1.39 bits per heavy atom. The summed E-state index contributed by atoms with van der Waals surface area (Å²) in [6.07, 6.45) is 1.31. The van der Waals surface area contributed by atoms with E-state index in [-0.39, 0.29) is 5.91 Å². The fourth-order valence-corrected chi connectivity index (χ4v) is 2.88. The Bertz CT molecular complexity index is 524. The zero-order valence-electron chi connectivity index (χ0n) is 14.0. The van der Waals surface area contributed by atoms with Gasteiger partial charge in [0.2, 0.25) is 0 Å². The molecule has 0 radical (unpaired) electrons. The molecule has 0 aliphatic carbocycles. The topological polar surface area (TPSA) is 73.8 Å². The van der Waals surface area contributed by atoms with Crippen LogP contribution in [0, 0.1) is 0 Å². The largest absolute Gasteiger partial charge is 0.497 e. The molecule has 0 bridgehead atoms. The summed E-state index contributed by atoms with van der Waals surface area (Å²) in [5, 5.41) is 16.9. The van der Waals surface area contributed by atoms with Crippen LogP contribution >= 0.6 is 0 Å². The first-order valence-corrected chi connectivity index (χ1v) is 8.09. The average molecular weight is 321 g/mol. The Morgan fingerprint density at radius 3 is 2.96 bits per heavy atom. The van der Waals surface area contributed by atoms with Crippen LogP contribution < -0.4 is 15.4 Å². The van der Waals surface area contributed by atoms with E-state index in [0.29, 0.717) is 26.1 Å². The number of amides is 1. The lowest BCUT2D eigenvalue weighted by molar-refractivity contribution is -0.157. The van der Waals surface area contributed by atoms with Crippen molar-refractivity contribution < 1.29 is 14.6 Å². The normalized spacial score (nSPS) is 21.5. The number of likely N-dealkylation sites (tertiary alicyclic amines) is 1. The maximum atomic E-state index is 12.7. The van der Waals surface area contributed by atoms with Gasteiger partial charge in [0.1, 0.15) is 5.75 Å². The predicted octanol–water partition coefficient (Wildman–Crippen LogP) is 0.358. The highest BCUT2D eigenvalue weighted by Gasteiger charge is 2.41. The summed E-state index contributed by atoms with van der Waals surface area (Å²) >= 11 is 0. The molecule has 1 aromatic rings. The van der Waals surface area contributed by atoms with Gasteiger partial charge in [-0.1, -0.05) is 12.1 Å². The van der Waals surface area contributed by atoms with Crippen LogP contribution in [0.1, 0.15) is 18.4 Å². The fourth-order valence-electron chi connectivity index (χ4n) is 2.88. The number of hydrogen-bond acceptors (Lipinski definition) is 5. The van der Waals surface area contributed by atoms with Crippen molar-refractivity contribution in [1.82, 2.24) is 15.5 Å². The lowest BCUT2D eigenvalue weighted by Gasteiger charge is -2.38. The van der Waals surface area contributed by atoms with E-state index < -0.39 is 5.60 Å². The molecule has 1 amide bonds. The van der Waals surface area contributed by atoms with Crippen LogP contribution in [0.5, 0.6) is 5.75 Å². The Hall–Kier alpha value is -1.63. The Labute approximate surface area is 137 Å². The highest BCUT2D eigenvalue weighted by Crippen LogP contribution is 2.24. The zero-order chi connectivity index (χ0) is 16.7. The van der Waals surface area contributed by atoms with Crippen molar-refractivity contribution in [2.24, 2.45) is 0 Å². The van der Waals surface area contributed by atoms with Gasteiger partial charge in [-0.25, -0.2) is 0 Å². The summed E-state index contributed by atoms with van der Waals surface area (Å²) in [6, 6.07) is 7.68. The maximum Gasteiger partial charge on any atom is 0.256 e. The minimum absolute atomic E-state index is 0.191. The second-order valence-electron chi connectivity index (χ2n) is 5.99. The Morgan fingerprint density at radius 2 is 2.22 bits per heavy atom. The minimum atomic E-state index is -1.30. The average Bonchev–Trinajstić information content (AvgIpc) is 2.56. The number of rotatable bonds is 8. The summed E-state index contributed by atoms with van der Waals surface area (Å²) in [6.45, 7) is 2.99. The molecule has 1 atom stereocenters. The molecule has 0 saturated carbocycles. The summed E-state index contributed by atoms with van der Waals surface area (Å²) in [5.41, 5.74) is -0.296. The van der Waals surface area contributed by atoms with Gasteiger partial charge in [-0.05, 0) is 37.6 Å². The lowest BCUT2D eigenvalue weighted by Crippen LogP contribution is -2.58. The van der Waals surface area contributed by atoms with Gasteiger partial charge in [0.25, 0.3) is 5.91 Å². The first kappa shape index (κ1) is 17.7. The smallest absolute Gasteiger partial charge is 0.256 e. The number of hydrogen-bond donors (Lipinski definition) is 3. The molecule has 0 aromatic heterocycles. The standard InChI is InChI=1S/C17H27N3O3/c1-18-8-9-19-13-17(22)7-4-10-20(16(17)21)12-14-5-3-6-15(11-14)23-2/h3,5-6,11,18-19,22H,4,7-10,12-13H2,1-2H3/t17-/m0/s1. The molecular formula is C17H27N3O3. The number of aliphatic hydroxyl groups is 1. The van der Waals surface area contributed by atoms with Gasteiger partial charge in [0.15, 0.2) is 5.60 Å². The SMILES string of the molecule is CNCCNC[C@@]1(O)CCCN(Cc2cccc(OC)c2)C1=O. The van der Waals surface area contributed by atoms with E-state index in [1.54, 1.807) is 12.0 Å². The maximum absolute atomic E-state index is 12.7. The van der Waals surface area contributed by atoms with Crippen molar-refractivity contribution in [3.05, 3.63) is 29.8 Å². The van der Waals surface area contributed by atoms with Gasteiger partial charge < -0.3 is 25.4 Å². The molecule has 6 heteroatoms. The van der Waals surface area contributed by atoms with Crippen LogP contribution in [-0.2, 0) is 11.3 Å². The van der Waals surface area contributed by atoms with E-state index in [2.05, 4.69) is 10.6 Å². The van der Waals surface area contributed by atoms with E-state index >= 15 is 0 Å². The molecule has 128 valence electrons. The van der Waals surface area contributed by atoms with Crippen LogP contribution in [0.2, 0.25) is 0 Å². The number of likely N-dealkylation sites (N-methyl/N-ethyl adjacent to an activating group) is 1. The van der Waals surface area contributed by atoms with Crippen molar-refractivity contribution in [1.29, 1.82) is 0 Å². The van der Waals surface area contributed by atoms with E-state index in [1.807, 2.05) is 31.3 Å². The number of methoxy groups -OCH3 is 1. The van der Waals surface area contributed by atoms with Gasteiger partial charge >= 0.3 is 0 Å². The van der Waals surface area contributed by atoms with Crippen molar-refractivity contribution in [2.45, 2.75) is 25.0 Å². The van der Waals surface area contributed by atoms with Crippen LogP contribution in [0.4, 0.5) is 0 Å². The van der Waals surface area contributed by atoms with Crippen LogP contribution in [0.15, 0.2) is 24.3 Å². The van der Waals surface area contributed by atoms with Crippen LogP contribution in [0.25, 0.3) is 0 Å². The summed E-state index contributed by atoms with van der Waals surface area (Å²) in [4.78, 5) is 14.4. The lowest BCUT2D eigenvalue weighted by atomic mass is 9.91. The Balaban J connectivity index is 1.98. The van der Waals surface area contributed by atoms with Gasteiger partial charge in [0.05, 0.1) is 7.11 Å². The van der Waals surface area contributed by atoms with Crippen LogP contribution in [0.3, 0.4) is 0 Å². The van der Waals surface area contributed by atoms with Gasteiger partial charge in [-0.15, -0.1) is 0 Å². The predicted molar refractivity (Wildman–Crippen MR) is 89.4 cm³/mol. The molecule has 1 aliphatic rings. The minimum Gasteiger partial charge on any atom is -0.497 e. The molecule has 6 nitrogen and oxygen atoms in total. The highest BCUT2D eigenvalue weighted by molar-refractivity contribution is 5.86. The first-order valence-electron chi connectivity index (χ1n) is 8.09. The molecule has 0 unspecified atom stereocenters. The summed E-state index contributed by atoms with van der Waals surface area (Å²) < 4.78 is 5.22. The number of benzene rings is 1. The number of carbonyl (C=O) groups excluding carboxylic acids is 1. The van der Waals surface area contributed by atoms with E-state index in [4.69, 9.17) is 4.74 Å². The molecule has 1 aromatic carbocycles. The molecule has 23 heavy (non-hydrogen) atoms. The van der Waals surface area contributed by atoms with Crippen molar-refractivity contribution >= 4 is 5.91 Å². The molecule has 1 heterocycles. The molecular weight excluding hydrogens is 294 g/mol. The first-order chi connectivity index (χ1) is 11.1. The van der Waals surface area contributed by atoms with E-state index in [1.165, 1.54) is 0 Å². The monoisotopic (exact) mass is 321 g/mol. The van der Waals surface area contributed by atoms with Crippen molar-refractivity contribution in [2.75, 3.05) is 40.3 Å². The van der Waals surface area contributed by atoms with Gasteiger partial charge in [0, 0.05) is 32.7 Å². The molecule has 1 saturated heterocycles. The van der Waals surface area contributed by atoms with Gasteiger partial charge in [-0.3, -0.25) is 4.79 Å². The fraction of sp³-hybridized carbons (Fsp3) is 0.588. The third kappa shape index (κ3) is 4.67. The number of nitrogens with zero attached hydrogens (tertiary/aromatic N) is 1. The quantitative estimate of drug-likeness (QED) is 0.603.